The van der Waals surface area contributed by atoms with Crippen molar-refractivity contribution < 1.29 is 14.4 Å². The number of ketones is 1. The van der Waals surface area contributed by atoms with Crippen molar-refractivity contribution >= 4 is 17.6 Å². The Balaban J connectivity index is 2.77. The van der Waals surface area contributed by atoms with Crippen LogP contribution in [0, 0.1) is 0 Å². The summed E-state index contributed by atoms with van der Waals surface area (Å²) in [4.78, 5) is 35.7. The highest BCUT2D eigenvalue weighted by molar-refractivity contribution is 6.01. The van der Waals surface area contributed by atoms with Gasteiger partial charge in [-0.1, -0.05) is 6.92 Å². The van der Waals surface area contributed by atoms with E-state index in [0.29, 0.717) is 12.8 Å². The van der Waals surface area contributed by atoms with Gasteiger partial charge in [0.05, 0.1) is 12.6 Å². The van der Waals surface area contributed by atoms with Crippen molar-refractivity contribution in [3.05, 3.63) is 0 Å². The van der Waals surface area contributed by atoms with Gasteiger partial charge < -0.3 is 0 Å². The first-order valence-electron chi connectivity index (χ1n) is 5.54. The average molecular weight is 226 g/mol. The Kier molecular flexibility index (Phi) is 4.18. The van der Waals surface area contributed by atoms with Gasteiger partial charge in [0.2, 0.25) is 11.8 Å². The lowest BCUT2D eigenvalue weighted by Gasteiger charge is -2.37. The Labute approximate surface area is 95.2 Å². The summed E-state index contributed by atoms with van der Waals surface area (Å²) in [5.41, 5.74) is 0. The monoisotopic (exact) mass is 226 g/mol. The molecule has 1 rings (SSSR count). The quantitative estimate of drug-likeness (QED) is 0.690. The Hall–Kier alpha value is -1.23. The standard InChI is InChI=1S/C11H18N2O3/c1-4-9-11(16)12-10(15)6-13(9)7(2)5-8(3)14/h7,9H,4-6H2,1-3H3,(H,12,15,16). The third kappa shape index (κ3) is 2.88. The number of rotatable bonds is 4. The summed E-state index contributed by atoms with van der Waals surface area (Å²) in [6.45, 7) is 5.48. The van der Waals surface area contributed by atoms with E-state index in [2.05, 4.69) is 5.32 Å². The second kappa shape index (κ2) is 5.21. The molecule has 0 bridgehead atoms. The van der Waals surface area contributed by atoms with Crippen LogP contribution in [0.4, 0.5) is 0 Å². The molecule has 1 aliphatic rings. The molecule has 0 aromatic heterocycles. The molecule has 5 heteroatoms. The Morgan fingerprint density at radius 2 is 2.19 bits per heavy atom. The van der Waals surface area contributed by atoms with Crippen LogP contribution in [0.15, 0.2) is 0 Å². The normalized spacial score (nSPS) is 24.1. The zero-order chi connectivity index (χ0) is 12.3. The van der Waals surface area contributed by atoms with Gasteiger partial charge in [-0.05, 0) is 20.3 Å². The summed E-state index contributed by atoms with van der Waals surface area (Å²) in [5.74, 6) is -0.472. The van der Waals surface area contributed by atoms with Crippen molar-refractivity contribution in [2.75, 3.05) is 6.54 Å². The van der Waals surface area contributed by atoms with Crippen LogP contribution in [0.1, 0.15) is 33.6 Å². The van der Waals surface area contributed by atoms with Gasteiger partial charge in [0, 0.05) is 12.5 Å². The van der Waals surface area contributed by atoms with Gasteiger partial charge in [-0.15, -0.1) is 0 Å². The number of imide groups is 1. The molecule has 5 nitrogen and oxygen atoms in total. The van der Waals surface area contributed by atoms with Crippen LogP contribution in [-0.4, -0.2) is 41.1 Å². The van der Waals surface area contributed by atoms with Crippen molar-refractivity contribution in [1.29, 1.82) is 0 Å². The molecular formula is C11H18N2O3. The molecule has 1 aliphatic heterocycles. The molecule has 1 heterocycles. The maximum Gasteiger partial charge on any atom is 0.243 e. The van der Waals surface area contributed by atoms with E-state index in [9.17, 15) is 14.4 Å². The molecule has 1 N–H and O–H groups in total. The molecule has 0 aromatic rings. The number of nitrogens with one attached hydrogen (secondary N) is 1. The Morgan fingerprint density at radius 1 is 1.56 bits per heavy atom. The molecule has 1 saturated heterocycles. The zero-order valence-electron chi connectivity index (χ0n) is 9.95. The minimum Gasteiger partial charge on any atom is -0.300 e. The van der Waals surface area contributed by atoms with Crippen LogP contribution >= 0.6 is 0 Å². The van der Waals surface area contributed by atoms with E-state index in [1.54, 1.807) is 0 Å². The van der Waals surface area contributed by atoms with Crippen molar-refractivity contribution in [2.24, 2.45) is 0 Å². The minimum atomic E-state index is -0.299. The fourth-order valence-corrected chi connectivity index (χ4v) is 2.10. The Morgan fingerprint density at radius 3 is 2.69 bits per heavy atom. The van der Waals surface area contributed by atoms with Gasteiger partial charge in [0.25, 0.3) is 0 Å². The zero-order valence-corrected chi connectivity index (χ0v) is 9.95. The molecule has 0 saturated carbocycles. The van der Waals surface area contributed by atoms with Gasteiger partial charge in [-0.2, -0.15) is 0 Å². The highest BCUT2D eigenvalue weighted by Crippen LogP contribution is 2.15. The predicted molar refractivity (Wildman–Crippen MR) is 58.7 cm³/mol. The minimum absolute atomic E-state index is 0.0702. The lowest BCUT2D eigenvalue weighted by molar-refractivity contribution is -0.142. The highest BCUT2D eigenvalue weighted by Gasteiger charge is 2.35. The third-order valence-electron chi connectivity index (χ3n) is 2.83. The van der Waals surface area contributed by atoms with E-state index in [-0.39, 0.29) is 36.2 Å². The lowest BCUT2D eigenvalue weighted by Crippen LogP contribution is -2.60. The Bertz CT molecular complexity index is 314. The molecule has 0 radical (unpaired) electrons. The summed E-state index contributed by atoms with van der Waals surface area (Å²) < 4.78 is 0. The maximum atomic E-state index is 11.6. The van der Waals surface area contributed by atoms with Crippen molar-refractivity contribution in [3.8, 4) is 0 Å². The first kappa shape index (κ1) is 12.8. The molecule has 90 valence electrons. The number of carbonyl (C=O) groups is 3. The van der Waals surface area contributed by atoms with E-state index in [1.807, 2.05) is 18.7 Å². The van der Waals surface area contributed by atoms with E-state index < -0.39 is 0 Å². The van der Waals surface area contributed by atoms with E-state index >= 15 is 0 Å². The first-order valence-corrected chi connectivity index (χ1v) is 5.54. The number of carbonyl (C=O) groups excluding carboxylic acids is 3. The number of Topliss-reactive ketones (excluding diaryl/α,β-unsaturated/α-hetero) is 1. The predicted octanol–water partition coefficient (Wildman–Crippen LogP) is 0.0910. The van der Waals surface area contributed by atoms with Crippen LogP contribution in [0.5, 0.6) is 0 Å². The van der Waals surface area contributed by atoms with Crippen molar-refractivity contribution in [1.82, 2.24) is 10.2 Å². The molecule has 0 aromatic carbocycles. The molecule has 0 aliphatic carbocycles. The fraction of sp³-hybridized carbons (Fsp3) is 0.727. The van der Waals surface area contributed by atoms with Gasteiger partial charge in [0.15, 0.2) is 0 Å². The summed E-state index contributed by atoms with van der Waals surface area (Å²) in [6, 6.07) is -0.371. The van der Waals surface area contributed by atoms with Crippen LogP contribution in [0.25, 0.3) is 0 Å². The van der Waals surface area contributed by atoms with Crippen LogP contribution in [0.2, 0.25) is 0 Å². The number of hydrogen-bond donors (Lipinski definition) is 1. The summed E-state index contributed by atoms with van der Waals surface area (Å²) >= 11 is 0. The van der Waals surface area contributed by atoms with Gasteiger partial charge in [-0.3, -0.25) is 24.6 Å². The van der Waals surface area contributed by atoms with Crippen molar-refractivity contribution in [2.45, 2.75) is 45.7 Å². The third-order valence-corrected chi connectivity index (χ3v) is 2.83. The SMILES string of the molecule is CCC1C(=O)NC(=O)CN1C(C)CC(C)=O. The van der Waals surface area contributed by atoms with Crippen LogP contribution in [-0.2, 0) is 14.4 Å². The number of nitrogens with zero attached hydrogens (tertiary/aromatic N) is 1. The lowest BCUT2D eigenvalue weighted by atomic mass is 10.0. The summed E-state index contributed by atoms with van der Waals surface area (Å²) in [5, 5.41) is 2.31. The molecular weight excluding hydrogens is 208 g/mol. The number of amides is 2. The molecule has 0 spiro atoms. The van der Waals surface area contributed by atoms with Crippen LogP contribution in [0.3, 0.4) is 0 Å². The number of hydrogen-bond acceptors (Lipinski definition) is 4. The van der Waals surface area contributed by atoms with Gasteiger partial charge >= 0.3 is 0 Å². The topological polar surface area (TPSA) is 66.5 Å². The molecule has 2 unspecified atom stereocenters. The maximum absolute atomic E-state index is 11.6. The molecule has 2 amide bonds. The van der Waals surface area contributed by atoms with E-state index in [1.165, 1.54) is 6.92 Å². The first-order chi connectivity index (χ1) is 7.45. The second-order valence-corrected chi connectivity index (χ2v) is 4.26. The largest absolute Gasteiger partial charge is 0.300 e. The molecule has 1 fully saturated rings. The van der Waals surface area contributed by atoms with Crippen molar-refractivity contribution in [3.63, 3.8) is 0 Å². The van der Waals surface area contributed by atoms with Crippen LogP contribution < -0.4 is 5.32 Å². The average Bonchev–Trinajstić information content (AvgIpc) is 2.15. The van der Waals surface area contributed by atoms with Gasteiger partial charge in [-0.25, -0.2) is 0 Å². The van der Waals surface area contributed by atoms with E-state index in [0.717, 1.165) is 0 Å². The highest BCUT2D eigenvalue weighted by atomic mass is 16.2. The van der Waals surface area contributed by atoms with E-state index in [4.69, 9.17) is 0 Å². The number of piperazine rings is 1. The summed E-state index contributed by atoms with van der Waals surface area (Å²) in [6.07, 6.45) is 1.01. The smallest absolute Gasteiger partial charge is 0.243 e. The molecule has 16 heavy (non-hydrogen) atoms. The van der Waals surface area contributed by atoms with Gasteiger partial charge in [0.1, 0.15) is 5.78 Å². The summed E-state index contributed by atoms with van der Waals surface area (Å²) in [7, 11) is 0. The second-order valence-electron chi connectivity index (χ2n) is 4.26. The molecule has 2 atom stereocenters. The fourth-order valence-electron chi connectivity index (χ4n) is 2.10.